The summed E-state index contributed by atoms with van der Waals surface area (Å²) in [5, 5.41) is 10.6. The van der Waals surface area contributed by atoms with Gasteiger partial charge < -0.3 is 19.3 Å². The Hall–Kier alpha value is -1.12. The van der Waals surface area contributed by atoms with Crippen LogP contribution in [0.1, 0.15) is 23.7 Å². The first-order valence-corrected chi connectivity index (χ1v) is 9.74. The van der Waals surface area contributed by atoms with Crippen LogP contribution in [0.25, 0.3) is 0 Å². The van der Waals surface area contributed by atoms with E-state index >= 15 is 0 Å². The third-order valence-electron chi connectivity index (χ3n) is 3.19. The van der Waals surface area contributed by atoms with Crippen molar-refractivity contribution in [3.8, 4) is 5.75 Å². The number of hydrogen-bond donors (Lipinski definition) is 2. The van der Waals surface area contributed by atoms with Crippen molar-refractivity contribution < 1.29 is 19.4 Å². The van der Waals surface area contributed by atoms with Gasteiger partial charge in [-0.3, -0.25) is 0 Å². The fourth-order valence-electron chi connectivity index (χ4n) is 1.89. The van der Waals surface area contributed by atoms with E-state index in [2.05, 4.69) is 4.72 Å². The average molecular weight is 422 g/mol. The molecule has 0 aliphatic rings. The molecule has 0 saturated heterocycles. The summed E-state index contributed by atoms with van der Waals surface area (Å²) in [5.74, 6) is -0.748. The van der Waals surface area contributed by atoms with Crippen molar-refractivity contribution in [2.24, 2.45) is 0 Å². The number of halogens is 2. The highest BCUT2D eigenvalue weighted by atomic mass is 35.5. The Morgan fingerprint density at radius 2 is 2.16 bits per heavy atom. The molecular formula is C16H17Cl2NO4S2. The zero-order valence-corrected chi connectivity index (χ0v) is 16.7. The van der Waals surface area contributed by atoms with Gasteiger partial charge >= 0.3 is 5.97 Å². The maximum absolute atomic E-state index is 12.1. The van der Waals surface area contributed by atoms with Gasteiger partial charge in [-0.05, 0) is 36.6 Å². The molecule has 0 aliphatic heterocycles. The molecule has 9 heteroatoms. The molecule has 25 heavy (non-hydrogen) atoms. The lowest BCUT2D eigenvalue weighted by Gasteiger charge is -2.15. The second kappa shape index (κ2) is 9.54. The molecule has 0 saturated carbocycles. The van der Waals surface area contributed by atoms with Crippen LogP contribution in [0.2, 0.25) is 9.36 Å². The SMILES string of the molecule is CCC(COC)OC(=O)c1ccc(NSc2cc(Cl)c(Cl)s2)cc1O. The summed E-state index contributed by atoms with van der Waals surface area (Å²) in [6.07, 6.45) is 0.279. The molecule has 0 bridgehead atoms. The van der Waals surface area contributed by atoms with E-state index in [1.807, 2.05) is 6.92 Å². The van der Waals surface area contributed by atoms with E-state index in [9.17, 15) is 9.90 Å². The average Bonchev–Trinajstić information content (AvgIpc) is 2.90. The summed E-state index contributed by atoms with van der Waals surface area (Å²) in [7, 11) is 1.54. The Labute approximate surface area is 164 Å². The fourth-order valence-corrected chi connectivity index (χ4v) is 4.26. The summed E-state index contributed by atoms with van der Waals surface area (Å²) in [6.45, 7) is 2.20. The number of phenolic OH excluding ortho intramolecular Hbond substituents is 1. The first kappa shape index (κ1) is 20.2. The Kier molecular flexibility index (Phi) is 7.71. The number of anilines is 1. The van der Waals surface area contributed by atoms with Crippen LogP contribution in [0.4, 0.5) is 5.69 Å². The quantitative estimate of drug-likeness (QED) is 0.435. The predicted octanol–water partition coefficient (Wildman–Crippen LogP) is 5.46. The molecule has 1 atom stereocenters. The Balaban J connectivity index is 2.00. The highest BCUT2D eigenvalue weighted by molar-refractivity contribution is 8.02. The first-order chi connectivity index (χ1) is 11.9. The molecule has 0 aliphatic carbocycles. The van der Waals surface area contributed by atoms with Gasteiger partial charge in [0.1, 0.15) is 21.8 Å². The zero-order chi connectivity index (χ0) is 18.4. The molecule has 2 rings (SSSR count). The van der Waals surface area contributed by atoms with Crippen LogP contribution >= 0.6 is 46.5 Å². The van der Waals surface area contributed by atoms with E-state index in [4.69, 9.17) is 32.7 Å². The molecule has 2 aromatic rings. The van der Waals surface area contributed by atoms with Gasteiger partial charge in [0.25, 0.3) is 0 Å². The van der Waals surface area contributed by atoms with Crippen LogP contribution in [0.15, 0.2) is 28.5 Å². The maximum atomic E-state index is 12.1. The number of carbonyl (C=O) groups excluding carboxylic acids is 1. The lowest BCUT2D eigenvalue weighted by Crippen LogP contribution is -2.22. The molecule has 0 amide bonds. The van der Waals surface area contributed by atoms with E-state index in [1.54, 1.807) is 19.2 Å². The normalized spacial score (nSPS) is 12.0. The van der Waals surface area contributed by atoms with Gasteiger partial charge in [0.15, 0.2) is 0 Å². The van der Waals surface area contributed by atoms with Crippen LogP contribution in [-0.4, -0.2) is 30.9 Å². The molecule has 136 valence electrons. The number of esters is 1. The minimum absolute atomic E-state index is 0.104. The van der Waals surface area contributed by atoms with Gasteiger partial charge in [0.2, 0.25) is 0 Å². The van der Waals surface area contributed by atoms with Gasteiger partial charge in [-0.25, -0.2) is 4.79 Å². The van der Waals surface area contributed by atoms with Crippen LogP contribution in [0, 0.1) is 0 Å². The Morgan fingerprint density at radius 1 is 1.40 bits per heavy atom. The van der Waals surface area contributed by atoms with Crippen LogP contribution in [0.3, 0.4) is 0 Å². The van der Waals surface area contributed by atoms with Gasteiger partial charge in [-0.15, -0.1) is 11.3 Å². The molecular weight excluding hydrogens is 405 g/mol. The van der Waals surface area contributed by atoms with Gasteiger partial charge in [0.05, 0.1) is 15.8 Å². The molecule has 0 fully saturated rings. The number of thiophene rings is 1. The van der Waals surface area contributed by atoms with Crippen molar-refractivity contribution in [2.45, 2.75) is 23.7 Å². The van der Waals surface area contributed by atoms with Crippen molar-refractivity contribution in [2.75, 3.05) is 18.4 Å². The second-order valence-electron chi connectivity index (χ2n) is 5.01. The molecule has 1 unspecified atom stereocenters. The summed E-state index contributed by atoms with van der Waals surface area (Å²) in [4.78, 5) is 12.1. The van der Waals surface area contributed by atoms with Crippen molar-refractivity contribution in [3.05, 3.63) is 39.2 Å². The summed E-state index contributed by atoms with van der Waals surface area (Å²) in [6, 6.07) is 6.39. The highest BCUT2D eigenvalue weighted by Crippen LogP contribution is 2.38. The summed E-state index contributed by atoms with van der Waals surface area (Å²) < 4.78 is 14.8. The molecule has 1 heterocycles. The Bertz CT molecular complexity index is 719. The monoisotopic (exact) mass is 421 g/mol. The topological polar surface area (TPSA) is 67.8 Å². The van der Waals surface area contributed by atoms with Crippen molar-refractivity contribution in [1.29, 1.82) is 0 Å². The number of nitrogens with one attached hydrogen (secondary N) is 1. The van der Waals surface area contributed by atoms with E-state index in [0.717, 1.165) is 4.21 Å². The molecule has 2 N–H and O–H groups in total. The van der Waals surface area contributed by atoms with E-state index in [-0.39, 0.29) is 17.4 Å². The van der Waals surface area contributed by atoms with Crippen LogP contribution in [-0.2, 0) is 9.47 Å². The van der Waals surface area contributed by atoms with Crippen molar-refractivity contribution in [1.82, 2.24) is 0 Å². The predicted molar refractivity (Wildman–Crippen MR) is 103 cm³/mol. The molecule has 5 nitrogen and oxygen atoms in total. The third kappa shape index (κ3) is 5.69. The number of phenols is 1. The Morgan fingerprint density at radius 3 is 2.72 bits per heavy atom. The smallest absolute Gasteiger partial charge is 0.342 e. The fraction of sp³-hybridized carbons (Fsp3) is 0.312. The van der Waals surface area contributed by atoms with E-state index < -0.39 is 5.97 Å². The molecule has 0 radical (unpaired) electrons. The van der Waals surface area contributed by atoms with Gasteiger partial charge in [-0.2, -0.15) is 0 Å². The van der Waals surface area contributed by atoms with Crippen LogP contribution in [0.5, 0.6) is 5.75 Å². The molecule has 1 aromatic carbocycles. The molecule has 0 spiro atoms. The first-order valence-electron chi connectivity index (χ1n) is 7.35. The van der Waals surface area contributed by atoms with Crippen molar-refractivity contribution in [3.63, 3.8) is 0 Å². The lowest BCUT2D eigenvalue weighted by atomic mass is 10.2. The van der Waals surface area contributed by atoms with Crippen molar-refractivity contribution >= 4 is 58.1 Å². The highest BCUT2D eigenvalue weighted by Gasteiger charge is 2.18. The van der Waals surface area contributed by atoms with E-state index in [1.165, 1.54) is 35.4 Å². The number of carbonyl (C=O) groups is 1. The summed E-state index contributed by atoms with van der Waals surface area (Å²) >= 11 is 14.5. The standard InChI is InChI=1S/C16H17Cl2NO4S2/c1-3-10(8-22-2)23-16(21)11-5-4-9(6-13(11)20)19-25-14-7-12(17)15(18)24-14/h4-7,10,19-20H,3,8H2,1-2H3. The van der Waals surface area contributed by atoms with Gasteiger partial charge in [-0.1, -0.05) is 30.1 Å². The second-order valence-corrected chi connectivity index (χ2v) is 8.18. The largest absolute Gasteiger partial charge is 0.507 e. The number of benzene rings is 1. The maximum Gasteiger partial charge on any atom is 0.342 e. The molecule has 1 aromatic heterocycles. The number of methoxy groups -OCH3 is 1. The third-order valence-corrected chi connectivity index (χ3v) is 6.01. The van der Waals surface area contributed by atoms with Crippen LogP contribution < -0.4 is 4.72 Å². The lowest BCUT2D eigenvalue weighted by molar-refractivity contribution is 0.00451. The minimum atomic E-state index is -0.586. The van der Waals surface area contributed by atoms with Gasteiger partial charge in [0, 0.05) is 18.9 Å². The number of ether oxygens (including phenoxy) is 2. The number of rotatable bonds is 8. The number of aromatic hydroxyl groups is 1. The zero-order valence-electron chi connectivity index (χ0n) is 13.5. The van der Waals surface area contributed by atoms with E-state index in [0.29, 0.717) is 28.1 Å². The summed E-state index contributed by atoms with van der Waals surface area (Å²) in [5.41, 5.74) is 0.732. The number of hydrogen-bond acceptors (Lipinski definition) is 7. The minimum Gasteiger partial charge on any atom is -0.507 e.